The second-order valence-electron chi connectivity index (χ2n) is 8.75. The summed E-state index contributed by atoms with van der Waals surface area (Å²) in [5.41, 5.74) is -0.136. The number of nitrogens with zero attached hydrogens (tertiary/aromatic N) is 4. The number of ether oxygens (including phenoxy) is 1. The minimum Gasteiger partial charge on any atom is -0.496 e. The zero-order chi connectivity index (χ0) is 23.0. The smallest absolute Gasteiger partial charge is 0.189 e. The van der Waals surface area contributed by atoms with Gasteiger partial charge in [-0.3, -0.25) is 4.90 Å². The summed E-state index contributed by atoms with van der Waals surface area (Å²) in [6.45, 7) is 5.55. The van der Waals surface area contributed by atoms with Crippen molar-refractivity contribution in [1.29, 1.82) is 21.2 Å². The summed E-state index contributed by atoms with van der Waals surface area (Å²) in [4.78, 5) is 2.29. The monoisotopic (exact) mass is 423 g/mol. The van der Waals surface area contributed by atoms with Crippen molar-refractivity contribution in [1.82, 2.24) is 4.90 Å². The molecule has 0 radical (unpaired) electrons. The number of hydrogen-bond donors (Lipinski definition) is 1. The van der Waals surface area contributed by atoms with E-state index in [4.69, 9.17) is 10.1 Å². The average molecular weight is 424 g/mol. The Morgan fingerprint density at radius 1 is 1.09 bits per heavy atom. The highest BCUT2D eigenvalue weighted by Crippen LogP contribution is 2.55. The molecule has 0 saturated heterocycles. The van der Waals surface area contributed by atoms with Gasteiger partial charge in [-0.2, -0.15) is 15.8 Å². The maximum absolute atomic E-state index is 10.3. The summed E-state index contributed by atoms with van der Waals surface area (Å²) in [6, 6.07) is 18.4. The fourth-order valence-corrected chi connectivity index (χ4v) is 5.34. The zero-order valence-electron chi connectivity index (χ0n) is 18.5. The van der Waals surface area contributed by atoms with Gasteiger partial charge in [0.1, 0.15) is 11.7 Å². The Labute approximate surface area is 188 Å². The largest absolute Gasteiger partial charge is 0.496 e. The molecule has 1 fully saturated rings. The molecule has 160 valence electrons. The van der Waals surface area contributed by atoms with Gasteiger partial charge in [-0.05, 0) is 36.4 Å². The third kappa shape index (κ3) is 2.98. The van der Waals surface area contributed by atoms with Crippen LogP contribution >= 0.6 is 0 Å². The summed E-state index contributed by atoms with van der Waals surface area (Å²) in [7, 11) is 1.62. The maximum Gasteiger partial charge on any atom is 0.189 e. The SMILES string of the molecule is COc1ccc([C@H]2[C@@H]3CN(C(C)C)CC=C3C(C#N)C(=N)C2(C#N)C#N)c2ccccc12. The average Bonchev–Trinajstić information content (AvgIpc) is 2.82. The number of fused-ring (bicyclic) bond motifs is 2. The van der Waals surface area contributed by atoms with Gasteiger partial charge < -0.3 is 10.1 Å². The van der Waals surface area contributed by atoms with Crippen molar-refractivity contribution in [2.75, 3.05) is 20.2 Å². The number of hydrogen-bond acceptors (Lipinski definition) is 6. The van der Waals surface area contributed by atoms with E-state index in [9.17, 15) is 15.8 Å². The van der Waals surface area contributed by atoms with Crippen LogP contribution in [-0.4, -0.2) is 36.9 Å². The zero-order valence-corrected chi connectivity index (χ0v) is 18.5. The molecule has 0 spiro atoms. The molecule has 6 nitrogen and oxygen atoms in total. The lowest BCUT2D eigenvalue weighted by molar-refractivity contribution is 0.171. The second kappa shape index (κ2) is 8.12. The van der Waals surface area contributed by atoms with Gasteiger partial charge in [0, 0.05) is 36.4 Å². The predicted octanol–water partition coefficient (Wildman–Crippen LogP) is 4.41. The normalized spacial score (nSPS) is 24.7. The van der Waals surface area contributed by atoms with Crippen LogP contribution in [0.3, 0.4) is 0 Å². The van der Waals surface area contributed by atoms with E-state index >= 15 is 0 Å². The van der Waals surface area contributed by atoms with E-state index in [2.05, 4.69) is 37.0 Å². The molecule has 4 rings (SSSR count). The van der Waals surface area contributed by atoms with Crippen molar-refractivity contribution in [2.24, 2.45) is 17.3 Å². The fourth-order valence-electron chi connectivity index (χ4n) is 5.34. The van der Waals surface area contributed by atoms with E-state index in [-0.39, 0.29) is 17.7 Å². The molecule has 1 aliphatic heterocycles. The standard InChI is InChI=1S/C26H25N5O/c1-16(2)31-11-10-18-21(12-27)25(30)26(14-28,15-29)24(22(18)13-31)20-8-9-23(32-3)19-7-5-4-6-17(19)20/h4-10,16,21-22,24,30H,11,13H2,1-3H3/t21?,22-,24+/m1/s1. The van der Waals surface area contributed by atoms with Gasteiger partial charge in [0.05, 0.1) is 31.0 Å². The number of methoxy groups -OCH3 is 1. The molecule has 0 amide bonds. The summed E-state index contributed by atoms with van der Waals surface area (Å²) < 4.78 is 5.55. The molecule has 32 heavy (non-hydrogen) atoms. The molecular weight excluding hydrogens is 398 g/mol. The van der Waals surface area contributed by atoms with Gasteiger partial charge in [-0.15, -0.1) is 0 Å². The van der Waals surface area contributed by atoms with Crippen molar-refractivity contribution in [2.45, 2.75) is 25.8 Å². The van der Waals surface area contributed by atoms with E-state index in [1.165, 1.54) is 0 Å². The minimum absolute atomic E-state index is 0.115. The molecule has 0 bridgehead atoms. The molecule has 1 N–H and O–H groups in total. The van der Waals surface area contributed by atoms with Crippen LogP contribution in [0, 0.1) is 56.7 Å². The van der Waals surface area contributed by atoms with Crippen molar-refractivity contribution in [3.05, 3.63) is 53.6 Å². The van der Waals surface area contributed by atoms with Crippen molar-refractivity contribution >= 4 is 16.5 Å². The van der Waals surface area contributed by atoms with Crippen LogP contribution in [0.25, 0.3) is 10.8 Å². The van der Waals surface area contributed by atoms with Crippen LogP contribution in [0.2, 0.25) is 0 Å². The van der Waals surface area contributed by atoms with Crippen LogP contribution < -0.4 is 4.74 Å². The molecular formula is C26H25N5O. The number of rotatable bonds is 3. The Balaban J connectivity index is 2.03. The van der Waals surface area contributed by atoms with Crippen LogP contribution in [0.4, 0.5) is 0 Å². The molecule has 1 unspecified atom stereocenters. The van der Waals surface area contributed by atoms with Crippen molar-refractivity contribution in [3.8, 4) is 24.0 Å². The first kappa shape index (κ1) is 21.6. The van der Waals surface area contributed by atoms with Crippen LogP contribution in [0.15, 0.2) is 48.0 Å². The van der Waals surface area contributed by atoms with Gasteiger partial charge in [-0.1, -0.05) is 36.4 Å². The molecule has 1 saturated carbocycles. The third-order valence-electron chi connectivity index (χ3n) is 7.02. The van der Waals surface area contributed by atoms with Gasteiger partial charge in [0.25, 0.3) is 0 Å². The number of nitriles is 3. The highest BCUT2D eigenvalue weighted by atomic mass is 16.5. The topological polar surface area (TPSA) is 108 Å². The third-order valence-corrected chi connectivity index (χ3v) is 7.02. The van der Waals surface area contributed by atoms with Crippen molar-refractivity contribution < 1.29 is 4.74 Å². The Morgan fingerprint density at radius 2 is 1.78 bits per heavy atom. The van der Waals surface area contributed by atoms with Gasteiger partial charge in [-0.25, -0.2) is 0 Å². The lowest BCUT2D eigenvalue weighted by Gasteiger charge is -2.48. The highest BCUT2D eigenvalue weighted by molar-refractivity contribution is 6.02. The first-order valence-corrected chi connectivity index (χ1v) is 10.7. The Bertz CT molecular complexity index is 1230. The molecule has 1 heterocycles. The quantitative estimate of drug-likeness (QED) is 0.736. The lowest BCUT2D eigenvalue weighted by atomic mass is 9.54. The lowest BCUT2D eigenvalue weighted by Crippen LogP contribution is -2.53. The molecule has 1 aliphatic carbocycles. The molecule has 0 aromatic heterocycles. The fraction of sp³-hybridized carbons (Fsp3) is 0.385. The number of benzene rings is 2. The Hall–Kier alpha value is -3.66. The summed E-state index contributed by atoms with van der Waals surface area (Å²) in [6.07, 6.45) is 2.04. The van der Waals surface area contributed by atoms with Gasteiger partial charge in [0.15, 0.2) is 5.41 Å². The van der Waals surface area contributed by atoms with E-state index < -0.39 is 17.3 Å². The molecule has 2 aliphatic rings. The van der Waals surface area contributed by atoms with E-state index in [1.54, 1.807) is 7.11 Å². The maximum atomic E-state index is 10.3. The Morgan fingerprint density at radius 3 is 2.38 bits per heavy atom. The molecule has 2 aromatic rings. The van der Waals surface area contributed by atoms with Gasteiger partial charge >= 0.3 is 0 Å². The first-order valence-electron chi connectivity index (χ1n) is 10.7. The summed E-state index contributed by atoms with van der Waals surface area (Å²) in [5, 5.41) is 41.2. The van der Waals surface area contributed by atoms with Crippen molar-refractivity contribution in [3.63, 3.8) is 0 Å². The minimum atomic E-state index is -1.72. The number of nitrogens with one attached hydrogen (secondary N) is 1. The molecule has 3 atom stereocenters. The Kier molecular flexibility index (Phi) is 5.47. The second-order valence-corrected chi connectivity index (χ2v) is 8.75. The van der Waals surface area contributed by atoms with E-state index in [0.717, 1.165) is 21.9 Å². The van der Waals surface area contributed by atoms with Crippen LogP contribution in [0.5, 0.6) is 5.75 Å². The van der Waals surface area contributed by atoms with Crippen LogP contribution in [-0.2, 0) is 0 Å². The summed E-state index contributed by atoms with van der Waals surface area (Å²) >= 11 is 0. The predicted molar refractivity (Wildman–Crippen MR) is 122 cm³/mol. The highest BCUT2D eigenvalue weighted by Gasteiger charge is 2.58. The summed E-state index contributed by atoms with van der Waals surface area (Å²) in [5.74, 6) is -0.929. The van der Waals surface area contributed by atoms with Crippen LogP contribution in [0.1, 0.15) is 25.3 Å². The van der Waals surface area contributed by atoms with Gasteiger partial charge in [0.2, 0.25) is 0 Å². The first-order chi connectivity index (χ1) is 15.4. The van der Waals surface area contributed by atoms with E-state index in [1.807, 2.05) is 42.5 Å². The molecule has 2 aromatic carbocycles. The van der Waals surface area contributed by atoms with E-state index in [0.29, 0.717) is 18.8 Å². The molecule has 6 heteroatoms.